The van der Waals surface area contributed by atoms with E-state index < -0.39 is 26.8 Å². The molecule has 0 heterocycles. The van der Waals surface area contributed by atoms with Crippen LogP contribution in [0.15, 0.2) is 35.2 Å². The van der Waals surface area contributed by atoms with Gasteiger partial charge in [0.25, 0.3) is 10.0 Å². The molecule has 0 saturated carbocycles. The van der Waals surface area contributed by atoms with Crippen molar-refractivity contribution in [3.8, 4) is 0 Å². The number of amides is 2. The molecule has 31 heavy (non-hydrogen) atoms. The molecule has 2 amide bonds. The summed E-state index contributed by atoms with van der Waals surface area (Å²) >= 11 is 6.21. The number of benzene rings is 2. The molecule has 168 valence electrons. The molecule has 0 atom stereocenters. The molecule has 0 spiro atoms. The average molecular weight is 469 g/mol. The van der Waals surface area contributed by atoms with E-state index in [1.807, 2.05) is 32.4 Å². The zero-order valence-electron chi connectivity index (χ0n) is 18.0. The second kappa shape index (κ2) is 9.78. The minimum absolute atomic E-state index is 0.00251. The van der Waals surface area contributed by atoms with Gasteiger partial charge in [-0.05, 0) is 53.3 Å². The largest absolute Gasteiger partial charge is 0.333 e. The second-order valence-corrected chi connectivity index (χ2v) is 9.84. The van der Waals surface area contributed by atoms with Crippen LogP contribution in [0.25, 0.3) is 0 Å². The van der Waals surface area contributed by atoms with Gasteiger partial charge in [0.2, 0.25) is 0 Å². The van der Waals surface area contributed by atoms with Crippen molar-refractivity contribution in [1.82, 2.24) is 4.72 Å². The zero-order valence-corrected chi connectivity index (χ0v) is 19.6. The summed E-state index contributed by atoms with van der Waals surface area (Å²) in [6.45, 7) is 9.28. The lowest BCUT2D eigenvalue weighted by Crippen LogP contribution is -2.35. The summed E-state index contributed by atoms with van der Waals surface area (Å²) in [7, 11) is -4.56. The molecule has 6 nitrogen and oxygen atoms in total. The fraction of sp³-hybridized carbons (Fsp3) is 0.364. The molecule has 0 aliphatic rings. The van der Waals surface area contributed by atoms with Crippen molar-refractivity contribution < 1.29 is 22.4 Å². The van der Waals surface area contributed by atoms with E-state index in [9.17, 15) is 22.4 Å². The summed E-state index contributed by atoms with van der Waals surface area (Å²) in [6.07, 6.45) is 0.131. The van der Waals surface area contributed by atoms with Crippen LogP contribution in [0.3, 0.4) is 0 Å². The molecule has 2 aromatic rings. The van der Waals surface area contributed by atoms with Gasteiger partial charge in [0.05, 0.1) is 0 Å². The third kappa shape index (κ3) is 5.83. The molecule has 0 radical (unpaired) electrons. The van der Waals surface area contributed by atoms with Crippen LogP contribution in [0.1, 0.15) is 74.4 Å². The number of ketones is 1. The number of Topliss-reactive ketones (excluding diaryl/α,β-unsaturated/α-hetero) is 1. The van der Waals surface area contributed by atoms with Gasteiger partial charge in [0, 0.05) is 22.7 Å². The monoisotopic (exact) mass is 468 g/mol. The quantitative estimate of drug-likeness (QED) is 0.500. The number of anilines is 1. The molecule has 0 aliphatic heterocycles. The number of sulfonamides is 1. The Morgan fingerprint density at radius 3 is 2.06 bits per heavy atom. The maximum atomic E-state index is 14.2. The van der Waals surface area contributed by atoms with Gasteiger partial charge in [-0.15, -0.1) is 0 Å². The first-order valence-electron chi connectivity index (χ1n) is 9.87. The molecule has 0 unspecified atom stereocenters. The Labute approximate surface area is 187 Å². The Kier molecular flexibility index (Phi) is 7.83. The van der Waals surface area contributed by atoms with Crippen molar-refractivity contribution in [2.24, 2.45) is 0 Å². The van der Waals surface area contributed by atoms with Crippen LogP contribution in [0.5, 0.6) is 0 Å². The van der Waals surface area contributed by atoms with E-state index in [4.69, 9.17) is 11.6 Å². The van der Waals surface area contributed by atoms with Gasteiger partial charge >= 0.3 is 6.03 Å². The maximum Gasteiger partial charge on any atom is 0.333 e. The number of hydrogen-bond donors (Lipinski definition) is 2. The highest BCUT2D eigenvalue weighted by Gasteiger charge is 2.25. The topological polar surface area (TPSA) is 92.3 Å². The molecule has 0 aliphatic carbocycles. The molecule has 0 saturated heterocycles. The highest BCUT2D eigenvalue weighted by Crippen LogP contribution is 2.35. The van der Waals surface area contributed by atoms with Gasteiger partial charge in [-0.1, -0.05) is 46.2 Å². The van der Waals surface area contributed by atoms with Crippen molar-refractivity contribution in [3.63, 3.8) is 0 Å². The van der Waals surface area contributed by atoms with E-state index in [2.05, 4.69) is 5.32 Å². The molecular formula is C22H26ClFN2O4S. The normalized spacial score (nSPS) is 11.6. The van der Waals surface area contributed by atoms with Gasteiger partial charge in [-0.2, -0.15) is 0 Å². The Hall–Kier alpha value is -2.45. The lowest BCUT2D eigenvalue weighted by molar-refractivity contribution is 0.0988. The number of urea groups is 1. The predicted octanol–water partition coefficient (Wildman–Crippen LogP) is 5.83. The number of carbonyl (C=O) groups excluding carboxylic acids is 2. The summed E-state index contributed by atoms with van der Waals surface area (Å²) in [5.74, 6) is -1.41. The minimum atomic E-state index is -4.56. The fourth-order valence-corrected chi connectivity index (χ4v) is 4.35. The fourth-order valence-electron chi connectivity index (χ4n) is 3.11. The van der Waals surface area contributed by atoms with Crippen molar-refractivity contribution in [2.45, 2.75) is 57.8 Å². The average Bonchev–Trinajstić information content (AvgIpc) is 2.67. The molecule has 0 aromatic heterocycles. The van der Waals surface area contributed by atoms with E-state index in [-0.39, 0.29) is 29.6 Å². The number of carbonyl (C=O) groups is 2. The molecule has 0 bridgehead atoms. The van der Waals surface area contributed by atoms with E-state index >= 15 is 0 Å². The molecule has 9 heteroatoms. The van der Waals surface area contributed by atoms with E-state index in [0.717, 1.165) is 23.3 Å². The van der Waals surface area contributed by atoms with Crippen LogP contribution < -0.4 is 10.0 Å². The van der Waals surface area contributed by atoms with Crippen LogP contribution in [0.4, 0.5) is 14.9 Å². The van der Waals surface area contributed by atoms with Gasteiger partial charge in [-0.3, -0.25) is 4.79 Å². The number of rotatable bonds is 7. The van der Waals surface area contributed by atoms with Crippen LogP contribution in [0, 0.1) is 5.82 Å². The Morgan fingerprint density at radius 2 is 1.58 bits per heavy atom. The maximum absolute atomic E-state index is 14.2. The number of nitrogens with one attached hydrogen (secondary N) is 2. The first-order valence-corrected chi connectivity index (χ1v) is 11.7. The highest BCUT2D eigenvalue weighted by molar-refractivity contribution is 7.90. The number of halogens is 2. The van der Waals surface area contributed by atoms with Gasteiger partial charge in [0.1, 0.15) is 10.7 Å². The van der Waals surface area contributed by atoms with Crippen molar-refractivity contribution in [1.29, 1.82) is 0 Å². The highest BCUT2D eigenvalue weighted by atomic mass is 35.5. The molecule has 0 fully saturated rings. The van der Waals surface area contributed by atoms with Crippen LogP contribution >= 0.6 is 11.6 Å². The molecule has 2 rings (SSSR count). The summed E-state index contributed by atoms with van der Waals surface area (Å²) in [5.41, 5.74) is 1.99. The smallest absolute Gasteiger partial charge is 0.307 e. The lowest BCUT2D eigenvalue weighted by atomic mass is 9.92. The van der Waals surface area contributed by atoms with Crippen molar-refractivity contribution in [2.75, 3.05) is 5.32 Å². The third-order valence-electron chi connectivity index (χ3n) is 4.74. The van der Waals surface area contributed by atoms with Crippen LogP contribution in [-0.2, 0) is 10.0 Å². The summed E-state index contributed by atoms with van der Waals surface area (Å²) in [4.78, 5) is 23.7. The van der Waals surface area contributed by atoms with Gasteiger partial charge < -0.3 is 5.32 Å². The Bertz CT molecular complexity index is 1090. The van der Waals surface area contributed by atoms with Crippen molar-refractivity contribution >= 4 is 39.1 Å². The Balaban J connectivity index is 2.40. The third-order valence-corrected chi connectivity index (χ3v) is 6.30. The van der Waals surface area contributed by atoms with E-state index in [1.165, 1.54) is 6.07 Å². The Morgan fingerprint density at radius 1 is 1.03 bits per heavy atom. The standard InChI is InChI=1S/C22H26ClFN2O4S/c1-6-19(27)14-7-8-18(24)20(9-14)31(29,30)26-22(28)25-21-16(12(2)3)10-15(23)11-17(21)13(4)5/h7-13H,6H2,1-5H3,(H2,25,26,28). The van der Waals surface area contributed by atoms with E-state index in [1.54, 1.807) is 19.1 Å². The summed E-state index contributed by atoms with van der Waals surface area (Å²) in [6, 6.07) is 5.40. The first-order chi connectivity index (χ1) is 14.4. The SMILES string of the molecule is CCC(=O)c1ccc(F)c(S(=O)(=O)NC(=O)Nc2c(C(C)C)cc(Cl)cc2C(C)C)c1. The van der Waals surface area contributed by atoms with Gasteiger partial charge in [-0.25, -0.2) is 22.3 Å². The minimum Gasteiger partial charge on any atom is -0.307 e. The zero-order chi connectivity index (χ0) is 23.5. The number of hydrogen-bond acceptors (Lipinski definition) is 4. The van der Waals surface area contributed by atoms with Gasteiger partial charge in [0.15, 0.2) is 5.78 Å². The first kappa shape index (κ1) is 24.8. The molecule has 2 aromatic carbocycles. The van der Waals surface area contributed by atoms with Crippen molar-refractivity contribution in [3.05, 3.63) is 57.9 Å². The predicted molar refractivity (Wildman–Crippen MR) is 120 cm³/mol. The molecular weight excluding hydrogens is 443 g/mol. The van der Waals surface area contributed by atoms with Crippen LogP contribution in [-0.4, -0.2) is 20.2 Å². The van der Waals surface area contributed by atoms with Crippen LogP contribution in [0.2, 0.25) is 5.02 Å². The van der Waals surface area contributed by atoms with E-state index in [0.29, 0.717) is 10.7 Å². The molecule has 2 N–H and O–H groups in total. The lowest BCUT2D eigenvalue weighted by Gasteiger charge is -2.21. The second-order valence-electron chi connectivity index (χ2n) is 7.75. The summed E-state index contributed by atoms with van der Waals surface area (Å²) < 4.78 is 41.4. The summed E-state index contributed by atoms with van der Waals surface area (Å²) in [5, 5.41) is 3.09.